The first kappa shape index (κ1) is 7.32. The minimum Gasteiger partial charge on any atom is -0.364 e. The van der Waals surface area contributed by atoms with Gasteiger partial charge in [0.2, 0.25) is 0 Å². The first-order valence-corrected chi connectivity index (χ1v) is 4.31. The second-order valence-electron chi connectivity index (χ2n) is 3.49. The molecule has 2 heteroatoms. The monoisotopic (exact) mass is 154 g/mol. The summed E-state index contributed by atoms with van der Waals surface area (Å²) < 4.78 is 5.33. The number of aliphatic hydroxyl groups is 1. The zero-order chi connectivity index (χ0) is 7.84. The SMILES string of the molecule is C=C1C(O)O[C@H]2CCCC[C@@H]12. The zero-order valence-electron chi connectivity index (χ0n) is 6.62. The Hall–Kier alpha value is -0.340. The molecule has 3 atom stereocenters. The molecule has 0 aromatic carbocycles. The lowest BCUT2D eigenvalue weighted by atomic mass is 9.84. The van der Waals surface area contributed by atoms with E-state index in [-0.39, 0.29) is 6.10 Å². The summed E-state index contributed by atoms with van der Waals surface area (Å²) in [5.41, 5.74) is 0.898. The van der Waals surface area contributed by atoms with Gasteiger partial charge in [-0.15, -0.1) is 0 Å². The van der Waals surface area contributed by atoms with Gasteiger partial charge < -0.3 is 9.84 Å². The van der Waals surface area contributed by atoms with Crippen molar-refractivity contribution in [2.24, 2.45) is 5.92 Å². The van der Waals surface area contributed by atoms with Crippen LogP contribution in [0.5, 0.6) is 0 Å². The van der Waals surface area contributed by atoms with Crippen molar-refractivity contribution in [3.63, 3.8) is 0 Å². The molecule has 1 unspecified atom stereocenters. The fourth-order valence-corrected chi connectivity index (χ4v) is 2.12. The van der Waals surface area contributed by atoms with Gasteiger partial charge in [0, 0.05) is 5.92 Å². The van der Waals surface area contributed by atoms with E-state index >= 15 is 0 Å². The molecule has 0 aromatic heterocycles. The van der Waals surface area contributed by atoms with E-state index < -0.39 is 6.29 Å². The van der Waals surface area contributed by atoms with E-state index in [0.29, 0.717) is 5.92 Å². The molecule has 2 fully saturated rings. The second kappa shape index (κ2) is 2.61. The third kappa shape index (κ3) is 1.10. The summed E-state index contributed by atoms with van der Waals surface area (Å²) in [7, 11) is 0. The molecule has 2 nitrogen and oxygen atoms in total. The van der Waals surface area contributed by atoms with E-state index in [4.69, 9.17) is 4.74 Å². The summed E-state index contributed by atoms with van der Waals surface area (Å²) in [5, 5.41) is 9.31. The van der Waals surface area contributed by atoms with Crippen LogP contribution in [0.15, 0.2) is 12.2 Å². The number of rotatable bonds is 0. The number of fused-ring (bicyclic) bond motifs is 1. The summed E-state index contributed by atoms with van der Waals surface area (Å²) in [5.74, 6) is 0.443. The van der Waals surface area contributed by atoms with Crippen molar-refractivity contribution < 1.29 is 9.84 Å². The normalized spacial score (nSPS) is 44.1. The minimum absolute atomic E-state index is 0.270. The Morgan fingerprint density at radius 3 is 2.82 bits per heavy atom. The van der Waals surface area contributed by atoms with Gasteiger partial charge in [-0.3, -0.25) is 0 Å². The maximum atomic E-state index is 9.31. The fraction of sp³-hybridized carbons (Fsp3) is 0.778. The highest BCUT2D eigenvalue weighted by molar-refractivity contribution is 5.12. The highest BCUT2D eigenvalue weighted by Gasteiger charge is 2.38. The summed E-state index contributed by atoms with van der Waals surface area (Å²) >= 11 is 0. The molecule has 1 aliphatic carbocycles. The third-order valence-electron chi connectivity index (χ3n) is 2.80. The van der Waals surface area contributed by atoms with Crippen LogP contribution in [0, 0.1) is 5.92 Å². The van der Waals surface area contributed by atoms with Gasteiger partial charge in [-0.1, -0.05) is 19.4 Å². The molecular formula is C9H14O2. The number of hydrogen-bond acceptors (Lipinski definition) is 2. The molecule has 11 heavy (non-hydrogen) atoms. The third-order valence-corrected chi connectivity index (χ3v) is 2.80. The minimum atomic E-state index is -0.678. The molecule has 0 aromatic rings. The lowest BCUT2D eigenvalue weighted by molar-refractivity contribution is -0.0857. The van der Waals surface area contributed by atoms with Crippen LogP contribution in [0.4, 0.5) is 0 Å². The van der Waals surface area contributed by atoms with Crippen LogP contribution in [-0.4, -0.2) is 17.5 Å². The quantitative estimate of drug-likeness (QED) is 0.535. The van der Waals surface area contributed by atoms with E-state index in [1.54, 1.807) is 0 Å². The molecule has 1 saturated heterocycles. The second-order valence-corrected chi connectivity index (χ2v) is 3.49. The van der Waals surface area contributed by atoms with Crippen molar-refractivity contribution in [1.29, 1.82) is 0 Å². The van der Waals surface area contributed by atoms with Crippen LogP contribution in [-0.2, 0) is 4.74 Å². The first-order chi connectivity index (χ1) is 5.29. The average molecular weight is 154 g/mol. The Balaban J connectivity index is 2.11. The van der Waals surface area contributed by atoms with Crippen molar-refractivity contribution in [3.8, 4) is 0 Å². The summed E-state index contributed by atoms with van der Waals surface area (Å²) in [6, 6.07) is 0. The first-order valence-electron chi connectivity index (χ1n) is 4.31. The number of aliphatic hydroxyl groups excluding tert-OH is 1. The van der Waals surface area contributed by atoms with Crippen LogP contribution < -0.4 is 0 Å². The van der Waals surface area contributed by atoms with E-state index in [9.17, 15) is 5.11 Å². The van der Waals surface area contributed by atoms with E-state index in [1.165, 1.54) is 12.8 Å². The predicted octanol–water partition coefficient (Wildman–Crippen LogP) is 1.45. The largest absolute Gasteiger partial charge is 0.364 e. The van der Waals surface area contributed by atoms with Gasteiger partial charge in [0.05, 0.1) is 6.10 Å². The van der Waals surface area contributed by atoms with Gasteiger partial charge in [0.25, 0.3) is 0 Å². The molecule has 0 amide bonds. The lowest BCUT2D eigenvalue weighted by Gasteiger charge is -2.23. The zero-order valence-corrected chi connectivity index (χ0v) is 6.62. The van der Waals surface area contributed by atoms with Crippen molar-refractivity contribution in [2.45, 2.75) is 38.1 Å². The molecule has 0 radical (unpaired) electrons. The Kier molecular flexibility index (Phi) is 1.74. The van der Waals surface area contributed by atoms with E-state index in [2.05, 4.69) is 6.58 Å². The standard InChI is InChI=1S/C9H14O2/c1-6-7-4-2-3-5-8(7)11-9(6)10/h7-10H,1-5H2/t7-,8-,9?/m0/s1. The molecule has 62 valence electrons. The summed E-state index contributed by atoms with van der Waals surface area (Å²) in [4.78, 5) is 0. The van der Waals surface area contributed by atoms with Crippen LogP contribution >= 0.6 is 0 Å². The lowest BCUT2D eigenvalue weighted by Crippen LogP contribution is -2.20. The fourth-order valence-electron chi connectivity index (χ4n) is 2.12. The molecule has 2 rings (SSSR count). The van der Waals surface area contributed by atoms with Crippen molar-refractivity contribution in [2.75, 3.05) is 0 Å². The topological polar surface area (TPSA) is 29.5 Å². The maximum Gasteiger partial charge on any atom is 0.177 e. The van der Waals surface area contributed by atoms with Gasteiger partial charge in [-0.2, -0.15) is 0 Å². The Labute approximate surface area is 66.9 Å². The molecule has 0 bridgehead atoms. The summed E-state index contributed by atoms with van der Waals surface area (Å²) in [6.45, 7) is 3.84. The van der Waals surface area contributed by atoms with Crippen molar-refractivity contribution >= 4 is 0 Å². The van der Waals surface area contributed by atoms with Crippen LogP contribution in [0.1, 0.15) is 25.7 Å². The molecule has 2 aliphatic rings. The van der Waals surface area contributed by atoms with Crippen LogP contribution in [0.2, 0.25) is 0 Å². The average Bonchev–Trinajstić information content (AvgIpc) is 2.30. The molecule has 1 heterocycles. The Bertz CT molecular complexity index is 176. The van der Waals surface area contributed by atoms with E-state index in [1.807, 2.05) is 0 Å². The van der Waals surface area contributed by atoms with Gasteiger partial charge in [-0.05, 0) is 18.4 Å². The highest BCUT2D eigenvalue weighted by atomic mass is 16.6. The van der Waals surface area contributed by atoms with Gasteiger partial charge in [-0.25, -0.2) is 0 Å². The number of hydrogen-bond donors (Lipinski definition) is 1. The van der Waals surface area contributed by atoms with Crippen molar-refractivity contribution in [3.05, 3.63) is 12.2 Å². The van der Waals surface area contributed by atoms with Crippen LogP contribution in [0.25, 0.3) is 0 Å². The molecule has 1 saturated carbocycles. The van der Waals surface area contributed by atoms with Gasteiger partial charge in [0.15, 0.2) is 6.29 Å². The molecule has 0 spiro atoms. The highest BCUT2D eigenvalue weighted by Crippen LogP contribution is 2.39. The van der Waals surface area contributed by atoms with Crippen LogP contribution in [0.3, 0.4) is 0 Å². The molecular weight excluding hydrogens is 140 g/mol. The van der Waals surface area contributed by atoms with Gasteiger partial charge in [0.1, 0.15) is 0 Å². The van der Waals surface area contributed by atoms with Crippen molar-refractivity contribution in [1.82, 2.24) is 0 Å². The summed E-state index contributed by atoms with van der Waals surface area (Å²) in [6.07, 6.45) is 4.34. The van der Waals surface area contributed by atoms with Gasteiger partial charge >= 0.3 is 0 Å². The number of ether oxygens (including phenoxy) is 1. The predicted molar refractivity (Wildman–Crippen MR) is 42.0 cm³/mol. The Morgan fingerprint density at radius 2 is 2.09 bits per heavy atom. The Morgan fingerprint density at radius 1 is 1.36 bits per heavy atom. The molecule has 1 aliphatic heterocycles. The van der Waals surface area contributed by atoms with E-state index in [0.717, 1.165) is 18.4 Å². The smallest absolute Gasteiger partial charge is 0.177 e. The maximum absolute atomic E-state index is 9.31. The molecule has 1 N–H and O–H groups in total.